The topological polar surface area (TPSA) is 59.5 Å². The van der Waals surface area contributed by atoms with Crippen molar-refractivity contribution >= 4 is 16.9 Å². The van der Waals surface area contributed by atoms with Gasteiger partial charge in [-0.15, -0.1) is 0 Å². The molecule has 6 heteroatoms. The average molecular weight is 310 g/mol. The van der Waals surface area contributed by atoms with Crippen molar-refractivity contribution in [1.29, 1.82) is 0 Å². The van der Waals surface area contributed by atoms with Crippen molar-refractivity contribution in [3.63, 3.8) is 0 Å². The summed E-state index contributed by atoms with van der Waals surface area (Å²) < 4.78 is 17.7. The molecule has 0 spiro atoms. The minimum Gasteiger partial charge on any atom is -0.444 e. The second-order valence-corrected chi connectivity index (χ2v) is 7.90. The lowest BCUT2D eigenvalue weighted by Crippen LogP contribution is -2.36. The average Bonchev–Trinajstić information content (AvgIpc) is 2.87. The summed E-state index contributed by atoms with van der Waals surface area (Å²) in [6.45, 7) is 6.63. The SMILES string of the molecule is CC(C)(C)OC(=O)N1CCC(S(=O)Cc2ccccn2)C1. The fraction of sp³-hybridized carbons (Fsp3) is 0.600. The fourth-order valence-electron chi connectivity index (χ4n) is 2.18. The van der Waals surface area contributed by atoms with Crippen molar-refractivity contribution in [2.75, 3.05) is 13.1 Å². The maximum Gasteiger partial charge on any atom is 0.410 e. The van der Waals surface area contributed by atoms with E-state index in [0.29, 0.717) is 18.8 Å². The molecular weight excluding hydrogens is 288 g/mol. The lowest BCUT2D eigenvalue weighted by atomic mass is 10.2. The van der Waals surface area contributed by atoms with E-state index in [1.54, 1.807) is 11.1 Å². The highest BCUT2D eigenvalue weighted by molar-refractivity contribution is 7.84. The number of hydrogen-bond acceptors (Lipinski definition) is 4. The number of aromatic nitrogens is 1. The van der Waals surface area contributed by atoms with Gasteiger partial charge in [0.1, 0.15) is 5.60 Å². The molecule has 1 aromatic heterocycles. The minimum atomic E-state index is -1.02. The van der Waals surface area contributed by atoms with Crippen molar-refractivity contribution in [3.05, 3.63) is 30.1 Å². The van der Waals surface area contributed by atoms with E-state index in [1.807, 2.05) is 39.0 Å². The summed E-state index contributed by atoms with van der Waals surface area (Å²) in [5.74, 6) is 0.438. The number of ether oxygens (including phenoxy) is 1. The molecule has 1 aromatic rings. The first kappa shape index (κ1) is 15.9. The van der Waals surface area contributed by atoms with Crippen molar-refractivity contribution in [1.82, 2.24) is 9.88 Å². The Bertz CT molecular complexity index is 513. The highest BCUT2D eigenvalue weighted by atomic mass is 32.2. The van der Waals surface area contributed by atoms with E-state index in [0.717, 1.165) is 12.1 Å². The lowest BCUT2D eigenvalue weighted by molar-refractivity contribution is 0.0295. The van der Waals surface area contributed by atoms with Crippen LogP contribution < -0.4 is 0 Å². The number of carbonyl (C=O) groups is 1. The minimum absolute atomic E-state index is 0.000440. The second-order valence-electron chi connectivity index (χ2n) is 6.18. The molecule has 2 heterocycles. The third kappa shape index (κ3) is 4.81. The van der Waals surface area contributed by atoms with Crippen molar-refractivity contribution in [2.24, 2.45) is 0 Å². The van der Waals surface area contributed by atoms with Gasteiger partial charge in [-0.25, -0.2) is 4.79 Å². The third-order valence-electron chi connectivity index (χ3n) is 3.18. The zero-order chi connectivity index (χ0) is 15.5. The quantitative estimate of drug-likeness (QED) is 0.860. The smallest absolute Gasteiger partial charge is 0.410 e. The fourth-order valence-corrected chi connectivity index (χ4v) is 3.59. The Morgan fingerprint density at radius 2 is 2.24 bits per heavy atom. The summed E-state index contributed by atoms with van der Waals surface area (Å²) in [6, 6.07) is 5.60. The van der Waals surface area contributed by atoms with Gasteiger partial charge in [-0.05, 0) is 39.3 Å². The summed E-state index contributed by atoms with van der Waals surface area (Å²) in [5, 5.41) is -0.000440. The van der Waals surface area contributed by atoms with Gasteiger partial charge in [-0.1, -0.05) is 6.07 Å². The van der Waals surface area contributed by atoms with Gasteiger partial charge in [0.2, 0.25) is 0 Å². The molecule has 0 N–H and O–H groups in total. The molecule has 5 nitrogen and oxygen atoms in total. The van der Waals surface area contributed by atoms with Crippen molar-refractivity contribution in [3.8, 4) is 0 Å². The Morgan fingerprint density at radius 1 is 1.48 bits per heavy atom. The normalized spacial score (nSPS) is 20.3. The van der Waals surface area contributed by atoms with Crippen LogP contribution in [0.15, 0.2) is 24.4 Å². The van der Waals surface area contributed by atoms with Crippen molar-refractivity contribution < 1.29 is 13.7 Å². The van der Waals surface area contributed by atoms with Crippen LogP contribution in [0, 0.1) is 0 Å². The Labute approximate surface area is 128 Å². The molecule has 1 aliphatic heterocycles. The molecule has 1 aliphatic rings. The van der Waals surface area contributed by atoms with Gasteiger partial charge >= 0.3 is 6.09 Å². The highest BCUT2D eigenvalue weighted by Gasteiger charge is 2.32. The van der Waals surface area contributed by atoms with Crippen LogP contribution in [-0.4, -0.2) is 44.1 Å². The number of likely N-dealkylation sites (tertiary alicyclic amines) is 1. The van der Waals surface area contributed by atoms with Crippen LogP contribution in [0.5, 0.6) is 0 Å². The van der Waals surface area contributed by atoms with Gasteiger partial charge in [0, 0.05) is 30.1 Å². The number of nitrogens with zero attached hydrogens (tertiary/aromatic N) is 2. The number of amides is 1. The molecule has 0 radical (unpaired) electrons. The first-order valence-electron chi connectivity index (χ1n) is 7.10. The van der Waals surface area contributed by atoms with Gasteiger partial charge in [-0.2, -0.15) is 0 Å². The van der Waals surface area contributed by atoms with Gasteiger partial charge in [0.05, 0.1) is 16.7 Å². The number of pyridine rings is 1. The van der Waals surface area contributed by atoms with E-state index in [2.05, 4.69) is 4.98 Å². The van der Waals surface area contributed by atoms with E-state index in [1.165, 1.54) is 0 Å². The highest BCUT2D eigenvalue weighted by Crippen LogP contribution is 2.20. The molecule has 2 rings (SSSR count). The third-order valence-corrected chi connectivity index (χ3v) is 4.89. The van der Waals surface area contributed by atoms with Crippen LogP contribution in [-0.2, 0) is 21.3 Å². The zero-order valence-corrected chi connectivity index (χ0v) is 13.6. The second kappa shape index (κ2) is 6.56. The molecular formula is C15H22N2O3S. The number of hydrogen-bond donors (Lipinski definition) is 0. The summed E-state index contributed by atoms with van der Waals surface area (Å²) in [5.41, 5.74) is 0.328. The standard InChI is InChI=1S/C15H22N2O3S/c1-15(2,3)20-14(18)17-9-7-13(10-17)21(19)11-12-6-4-5-8-16-12/h4-6,8,13H,7,9-11H2,1-3H3. The van der Waals surface area contributed by atoms with Crippen LogP contribution >= 0.6 is 0 Å². The molecule has 0 saturated carbocycles. The predicted molar refractivity (Wildman–Crippen MR) is 82.3 cm³/mol. The molecule has 0 aliphatic carbocycles. The maximum absolute atomic E-state index is 12.4. The van der Waals surface area contributed by atoms with Crippen LogP contribution in [0.2, 0.25) is 0 Å². The maximum atomic E-state index is 12.4. The van der Waals surface area contributed by atoms with E-state index in [-0.39, 0.29) is 11.3 Å². The van der Waals surface area contributed by atoms with Gasteiger partial charge in [0.25, 0.3) is 0 Å². The summed E-state index contributed by atoms with van der Waals surface area (Å²) >= 11 is 0. The summed E-state index contributed by atoms with van der Waals surface area (Å²) in [6.07, 6.45) is 2.13. The van der Waals surface area contributed by atoms with Crippen LogP contribution in [0.25, 0.3) is 0 Å². The van der Waals surface area contributed by atoms with E-state index >= 15 is 0 Å². The molecule has 21 heavy (non-hydrogen) atoms. The Morgan fingerprint density at radius 3 is 2.86 bits per heavy atom. The van der Waals surface area contributed by atoms with E-state index < -0.39 is 16.4 Å². The molecule has 116 valence electrons. The molecule has 2 unspecified atom stereocenters. The molecule has 0 aromatic carbocycles. The monoisotopic (exact) mass is 310 g/mol. The summed E-state index contributed by atoms with van der Waals surface area (Å²) in [4.78, 5) is 17.8. The molecule has 1 amide bonds. The Kier molecular flexibility index (Phi) is 4.98. The zero-order valence-electron chi connectivity index (χ0n) is 12.7. The van der Waals surface area contributed by atoms with Crippen molar-refractivity contribution in [2.45, 2.75) is 43.8 Å². The number of rotatable bonds is 3. The molecule has 1 fully saturated rings. The predicted octanol–water partition coefficient (Wildman–Crippen LogP) is 2.34. The summed E-state index contributed by atoms with van der Waals surface area (Å²) in [7, 11) is -1.02. The van der Waals surface area contributed by atoms with Gasteiger partial charge < -0.3 is 9.64 Å². The van der Waals surface area contributed by atoms with E-state index in [9.17, 15) is 9.00 Å². The molecule has 1 saturated heterocycles. The van der Waals surface area contributed by atoms with Gasteiger partial charge in [-0.3, -0.25) is 9.19 Å². The Balaban J connectivity index is 1.87. The first-order valence-corrected chi connectivity index (χ1v) is 8.48. The van der Waals surface area contributed by atoms with Crippen LogP contribution in [0.1, 0.15) is 32.9 Å². The lowest BCUT2D eigenvalue weighted by Gasteiger charge is -2.24. The molecule has 2 atom stereocenters. The first-order chi connectivity index (χ1) is 9.85. The Hall–Kier alpha value is -1.43. The van der Waals surface area contributed by atoms with Crippen LogP contribution in [0.4, 0.5) is 4.79 Å². The van der Waals surface area contributed by atoms with Gasteiger partial charge in [0.15, 0.2) is 0 Å². The van der Waals surface area contributed by atoms with Crippen LogP contribution in [0.3, 0.4) is 0 Å². The number of carbonyl (C=O) groups excluding carboxylic acids is 1. The largest absolute Gasteiger partial charge is 0.444 e. The van der Waals surface area contributed by atoms with E-state index in [4.69, 9.17) is 4.74 Å². The molecule has 0 bridgehead atoms.